The lowest BCUT2D eigenvalue weighted by molar-refractivity contribution is 0.0689. The predicted molar refractivity (Wildman–Crippen MR) is 61.0 cm³/mol. The summed E-state index contributed by atoms with van der Waals surface area (Å²) in [4.78, 5) is 22.2. The predicted octanol–water partition coefficient (Wildman–Crippen LogP) is 0.754. The summed E-state index contributed by atoms with van der Waals surface area (Å²) in [5.41, 5.74) is -0.266. The monoisotopic (exact) mass is 270 g/mol. The second kappa shape index (κ2) is 4.09. The van der Waals surface area contributed by atoms with E-state index >= 15 is 0 Å². The second-order valence-corrected chi connectivity index (χ2v) is 5.87. The Hall–Kier alpha value is -1.89. The third kappa shape index (κ3) is 1.97. The van der Waals surface area contributed by atoms with Crippen LogP contribution in [-0.2, 0) is 9.84 Å². The number of carbonyl (C=O) groups is 2. The van der Waals surface area contributed by atoms with Crippen LogP contribution in [0.5, 0.6) is 5.75 Å². The molecule has 18 heavy (non-hydrogen) atoms. The van der Waals surface area contributed by atoms with Crippen LogP contribution in [-0.4, -0.2) is 38.1 Å². The molecule has 96 valence electrons. The number of rotatable bonds is 2. The number of fused-ring (bicyclic) bond motifs is 1. The van der Waals surface area contributed by atoms with Gasteiger partial charge in [0.2, 0.25) is 0 Å². The van der Waals surface area contributed by atoms with E-state index in [0.717, 1.165) is 12.3 Å². The van der Waals surface area contributed by atoms with E-state index in [1.807, 2.05) is 0 Å². The minimum absolute atomic E-state index is 0.0530. The molecule has 0 saturated carbocycles. The number of carbonyl (C=O) groups excluding carboxylic acids is 1. The fourth-order valence-electron chi connectivity index (χ4n) is 1.84. The molecule has 0 atom stereocenters. The maximum atomic E-state index is 11.7. The van der Waals surface area contributed by atoms with Crippen LogP contribution < -0.4 is 4.74 Å². The molecule has 0 spiro atoms. The Morgan fingerprint density at radius 1 is 1.39 bits per heavy atom. The lowest BCUT2D eigenvalue weighted by Gasteiger charge is -2.19. The highest BCUT2D eigenvalue weighted by Gasteiger charge is 2.30. The van der Waals surface area contributed by atoms with E-state index in [2.05, 4.69) is 0 Å². The maximum absolute atomic E-state index is 11.7. The maximum Gasteiger partial charge on any atom is 0.337 e. The van der Waals surface area contributed by atoms with Gasteiger partial charge in [-0.2, -0.15) is 0 Å². The third-order valence-corrected chi connectivity index (χ3v) is 3.74. The van der Waals surface area contributed by atoms with Crippen molar-refractivity contribution in [2.45, 2.75) is 11.3 Å². The van der Waals surface area contributed by atoms with Crippen LogP contribution in [0.15, 0.2) is 17.0 Å². The number of hydrogen-bond donors (Lipinski definition) is 1. The van der Waals surface area contributed by atoms with Gasteiger partial charge in [-0.15, -0.1) is 0 Å². The molecule has 1 aromatic carbocycles. The molecule has 6 nitrogen and oxygen atoms in total. The number of carboxylic acids is 1. The number of hydrogen-bond acceptors (Lipinski definition) is 5. The zero-order chi connectivity index (χ0) is 13.5. The summed E-state index contributed by atoms with van der Waals surface area (Å²) >= 11 is 0. The van der Waals surface area contributed by atoms with Crippen molar-refractivity contribution in [1.82, 2.24) is 0 Å². The molecule has 0 bridgehead atoms. The molecule has 0 aromatic heterocycles. The highest BCUT2D eigenvalue weighted by molar-refractivity contribution is 7.91. The molecule has 1 N–H and O–H groups in total. The second-order valence-electron chi connectivity index (χ2n) is 3.92. The Bertz CT molecular complexity index is 644. The summed E-state index contributed by atoms with van der Waals surface area (Å²) in [6, 6.07) is 2.40. The molecule has 0 amide bonds. The van der Waals surface area contributed by atoms with Gasteiger partial charge < -0.3 is 9.84 Å². The van der Waals surface area contributed by atoms with Gasteiger partial charge in [0.15, 0.2) is 15.6 Å². The first kappa shape index (κ1) is 12.6. The van der Waals surface area contributed by atoms with Crippen LogP contribution in [0.4, 0.5) is 0 Å². The van der Waals surface area contributed by atoms with Crippen LogP contribution in [0.1, 0.15) is 27.1 Å². The van der Waals surface area contributed by atoms with E-state index in [-0.39, 0.29) is 35.7 Å². The van der Waals surface area contributed by atoms with Crippen molar-refractivity contribution in [3.63, 3.8) is 0 Å². The highest BCUT2D eigenvalue weighted by Crippen LogP contribution is 2.34. The summed E-state index contributed by atoms with van der Waals surface area (Å²) in [7, 11) is -3.80. The number of carboxylic acid groups (broad SMARTS) is 1. The SMILES string of the molecule is CS(=O)(=O)c1c(C(=O)O)ccc2c1OCCC2=O. The number of benzene rings is 1. The van der Waals surface area contributed by atoms with Gasteiger partial charge in [-0.05, 0) is 12.1 Å². The lowest BCUT2D eigenvalue weighted by atomic mass is 10.0. The number of ether oxygens (including phenoxy) is 1. The summed E-state index contributed by atoms with van der Waals surface area (Å²) in [5.74, 6) is -1.77. The number of ketones is 1. The first-order chi connectivity index (χ1) is 8.32. The average molecular weight is 270 g/mol. The van der Waals surface area contributed by atoms with Gasteiger partial charge in [-0.1, -0.05) is 0 Å². The summed E-state index contributed by atoms with van der Waals surface area (Å²) in [5, 5.41) is 8.99. The van der Waals surface area contributed by atoms with Crippen molar-refractivity contribution < 1.29 is 27.9 Å². The molecular weight excluding hydrogens is 260 g/mol. The van der Waals surface area contributed by atoms with E-state index in [1.165, 1.54) is 6.07 Å². The minimum atomic E-state index is -3.80. The largest absolute Gasteiger partial charge is 0.491 e. The molecule has 1 aliphatic heterocycles. The number of Topliss-reactive ketones (excluding diaryl/α,β-unsaturated/α-hetero) is 1. The van der Waals surface area contributed by atoms with Crippen molar-refractivity contribution in [2.75, 3.05) is 12.9 Å². The van der Waals surface area contributed by atoms with Crippen LogP contribution in [0.2, 0.25) is 0 Å². The first-order valence-electron chi connectivity index (χ1n) is 5.08. The summed E-state index contributed by atoms with van der Waals surface area (Å²) < 4.78 is 28.5. The van der Waals surface area contributed by atoms with E-state index in [4.69, 9.17) is 9.84 Å². The van der Waals surface area contributed by atoms with Crippen LogP contribution in [0.3, 0.4) is 0 Å². The normalized spacial score (nSPS) is 14.8. The fraction of sp³-hybridized carbons (Fsp3) is 0.273. The summed E-state index contributed by atoms with van der Waals surface area (Å²) in [6.07, 6.45) is 1.04. The van der Waals surface area contributed by atoms with Crippen molar-refractivity contribution in [2.24, 2.45) is 0 Å². The zero-order valence-corrected chi connectivity index (χ0v) is 10.3. The summed E-state index contributed by atoms with van der Waals surface area (Å²) in [6.45, 7) is 0.0530. The van der Waals surface area contributed by atoms with Crippen LogP contribution in [0, 0.1) is 0 Å². The van der Waals surface area contributed by atoms with Gasteiger partial charge in [0.1, 0.15) is 10.6 Å². The highest BCUT2D eigenvalue weighted by atomic mass is 32.2. The topological polar surface area (TPSA) is 97.7 Å². The molecule has 0 unspecified atom stereocenters. The van der Waals surface area contributed by atoms with E-state index in [0.29, 0.717) is 0 Å². The molecule has 2 rings (SSSR count). The Balaban J connectivity index is 2.84. The van der Waals surface area contributed by atoms with Gasteiger partial charge in [0.05, 0.1) is 17.7 Å². The van der Waals surface area contributed by atoms with E-state index in [1.54, 1.807) is 0 Å². The van der Waals surface area contributed by atoms with Gasteiger partial charge in [-0.25, -0.2) is 13.2 Å². The standard InChI is InChI=1S/C11H10O6S/c1-18(15,16)10-7(11(13)14)3-2-6-8(12)4-5-17-9(6)10/h2-3H,4-5H2,1H3,(H,13,14). The zero-order valence-electron chi connectivity index (χ0n) is 9.47. The van der Waals surface area contributed by atoms with Crippen LogP contribution in [0.25, 0.3) is 0 Å². The van der Waals surface area contributed by atoms with Crippen molar-refractivity contribution in [3.05, 3.63) is 23.3 Å². The third-order valence-electron chi connectivity index (χ3n) is 2.59. The molecule has 1 aromatic rings. The Kier molecular flexibility index (Phi) is 2.86. The first-order valence-corrected chi connectivity index (χ1v) is 6.98. The molecule has 0 fully saturated rings. The smallest absolute Gasteiger partial charge is 0.337 e. The van der Waals surface area contributed by atoms with E-state index in [9.17, 15) is 18.0 Å². The molecule has 1 aliphatic rings. The van der Waals surface area contributed by atoms with Crippen molar-refractivity contribution in [3.8, 4) is 5.75 Å². The van der Waals surface area contributed by atoms with E-state index < -0.39 is 20.7 Å². The quantitative estimate of drug-likeness (QED) is 0.851. The molecule has 0 saturated heterocycles. The van der Waals surface area contributed by atoms with Gasteiger partial charge in [0, 0.05) is 12.7 Å². The minimum Gasteiger partial charge on any atom is -0.491 e. The van der Waals surface area contributed by atoms with Crippen LogP contribution >= 0.6 is 0 Å². The molecular formula is C11H10O6S. The van der Waals surface area contributed by atoms with Gasteiger partial charge in [-0.3, -0.25) is 4.79 Å². The molecule has 7 heteroatoms. The van der Waals surface area contributed by atoms with Gasteiger partial charge in [0.25, 0.3) is 0 Å². The molecule has 0 radical (unpaired) electrons. The number of aromatic carboxylic acids is 1. The van der Waals surface area contributed by atoms with Crippen molar-refractivity contribution in [1.29, 1.82) is 0 Å². The number of sulfone groups is 1. The lowest BCUT2D eigenvalue weighted by Crippen LogP contribution is -2.20. The Morgan fingerprint density at radius 2 is 2.06 bits per heavy atom. The average Bonchev–Trinajstić information content (AvgIpc) is 2.26. The molecule has 1 heterocycles. The Labute approximate surface area is 103 Å². The molecule has 0 aliphatic carbocycles. The Morgan fingerprint density at radius 3 is 2.61 bits per heavy atom. The fourth-order valence-corrected chi connectivity index (χ4v) is 2.90. The van der Waals surface area contributed by atoms with Crippen molar-refractivity contribution >= 4 is 21.6 Å². The van der Waals surface area contributed by atoms with Gasteiger partial charge >= 0.3 is 5.97 Å².